The van der Waals surface area contributed by atoms with Gasteiger partial charge in [0.25, 0.3) is 5.91 Å². The molecule has 1 amide bonds. The molecule has 0 aromatic heterocycles. The van der Waals surface area contributed by atoms with Crippen molar-refractivity contribution in [2.75, 3.05) is 6.61 Å². The smallest absolute Gasteiger partial charge is 0.349 e. The average molecular weight is 312 g/mol. The average Bonchev–Trinajstić information content (AvgIpc) is 3.37. The van der Waals surface area contributed by atoms with Crippen molar-refractivity contribution >= 4 is 18.0 Å². The maximum Gasteiger partial charge on any atom is 0.349 e. The lowest BCUT2D eigenvalue weighted by Crippen LogP contribution is -2.37. The van der Waals surface area contributed by atoms with E-state index in [4.69, 9.17) is 10.00 Å². The fourth-order valence-corrected chi connectivity index (χ4v) is 2.18. The molecule has 0 aliphatic heterocycles. The van der Waals surface area contributed by atoms with E-state index in [1.54, 1.807) is 0 Å². The Morgan fingerprint density at radius 1 is 1.39 bits per heavy atom. The van der Waals surface area contributed by atoms with Crippen molar-refractivity contribution in [2.45, 2.75) is 32.7 Å². The van der Waals surface area contributed by atoms with Gasteiger partial charge in [-0.05, 0) is 44.2 Å². The molecule has 0 bridgehead atoms. The van der Waals surface area contributed by atoms with E-state index in [2.05, 4.69) is 5.32 Å². The molecule has 0 unspecified atom stereocenters. The highest BCUT2D eigenvalue weighted by Gasteiger charge is 2.29. The Bertz CT molecular complexity index is 652. The number of amides is 1. The van der Waals surface area contributed by atoms with Crippen molar-refractivity contribution in [2.24, 2.45) is 5.92 Å². The van der Waals surface area contributed by atoms with E-state index in [9.17, 15) is 9.59 Å². The van der Waals surface area contributed by atoms with Crippen LogP contribution in [0, 0.1) is 24.2 Å². The molecule has 0 heterocycles. The highest BCUT2D eigenvalue weighted by molar-refractivity contribution is 5.98. The van der Waals surface area contributed by atoms with Crippen LogP contribution >= 0.6 is 0 Å². The van der Waals surface area contributed by atoms with Gasteiger partial charge in [0, 0.05) is 6.04 Å². The van der Waals surface area contributed by atoms with Gasteiger partial charge in [-0.15, -0.1) is 0 Å². The number of nitriles is 1. The normalized spacial score (nSPS) is 15.4. The Morgan fingerprint density at radius 3 is 2.61 bits per heavy atom. The van der Waals surface area contributed by atoms with Crippen molar-refractivity contribution in [3.05, 3.63) is 41.0 Å². The lowest BCUT2D eigenvalue weighted by atomic mass is 10.1. The maximum absolute atomic E-state index is 11.9. The fraction of sp³-hybridized carbons (Fsp3) is 0.389. The Hall–Kier alpha value is -2.61. The van der Waals surface area contributed by atoms with E-state index >= 15 is 0 Å². The van der Waals surface area contributed by atoms with Crippen LogP contribution in [-0.4, -0.2) is 24.5 Å². The third kappa shape index (κ3) is 5.26. The Labute approximate surface area is 135 Å². The Morgan fingerprint density at radius 2 is 2.04 bits per heavy atom. The number of ether oxygens (including phenoxy) is 1. The van der Waals surface area contributed by atoms with Crippen LogP contribution in [0.25, 0.3) is 6.08 Å². The zero-order valence-electron chi connectivity index (χ0n) is 13.3. The number of benzene rings is 1. The molecule has 1 atom stereocenters. The summed E-state index contributed by atoms with van der Waals surface area (Å²) in [5.41, 5.74) is 1.69. The van der Waals surface area contributed by atoms with Gasteiger partial charge in [0.05, 0.1) is 0 Å². The number of nitrogens with zero attached hydrogens (tertiary/aromatic N) is 1. The monoisotopic (exact) mass is 312 g/mol. The van der Waals surface area contributed by atoms with E-state index in [0.717, 1.165) is 24.0 Å². The Kier molecular flexibility index (Phi) is 5.53. The van der Waals surface area contributed by atoms with Crippen LogP contribution in [0.3, 0.4) is 0 Å². The van der Waals surface area contributed by atoms with E-state index in [1.165, 1.54) is 6.08 Å². The number of carbonyl (C=O) groups excluding carboxylic acids is 2. The first-order chi connectivity index (χ1) is 11.0. The summed E-state index contributed by atoms with van der Waals surface area (Å²) >= 11 is 0. The van der Waals surface area contributed by atoms with Crippen molar-refractivity contribution in [1.82, 2.24) is 5.32 Å². The minimum absolute atomic E-state index is 0.0970. The summed E-state index contributed by atoms with van der Waals surface area (Å²) < 4.78 is 4.91. The molecule has 0 radical (unpaired) electrons. The van der Waals surface area contributed by atoms with Gasteiger partial charge in [-0.2, -0.15) is 5.26 Å². The van der Waals surface area contributed by atoms with Crippen molar-refractivity contribution in [3.63, 3.8) is 0 Å². The van der Waals surface area contributed by atoms with Gasteiger partial charge in [-0.1, -0.05) is 29.8 Å². The molecular formula is C18H20N2O3. The van der Waals surface area contributed by atoms with Gasteiger partial charge in [-0.25, -0.2) is 4.79 Å². The molecular weight excluding hydrogens is 292 g/mol. The number of hydrogen-bond acceptors (Lipinski definition) is 4. The summed E-state index contributed by atoms with van der Waals surface area (Å²) in [6.07, 6.45) is 3.70. The number of carbonyl (C=O) groups is 2. The van der Waals surface area contributed by atoms with Crippen molar-refractivity contribution < 1.29 is 14.3 Å². The van der Waals surface area contributed by atoms with Crippen molar-refractivity contribution in [3.8, 4) is 6.07 Å². The molecule has 23 heavy (non-hydrogen) atoms. The maximum atomic E-state index is 11.9. The van der Waals surface area contributed by atoms with Crippen LogP contribution in [0.4, 0.5) is 0 Å². The summed E-state index contributed by atoms with van der Waals surface area (Å²) in [4.78, 5) is 23.6. The van der Waals surface area contributed by atoms with Gasteiger partial charge in [0.1, 0.15) is 11.6 Å². The molecule has 120 valence electrons. The number of rotatable bonds is 6. The second kappa shape index (κ2) is 7.59. The highest BCUT2D eigenvalue weighted by Crippen LogP contribution is 2.32. The number of aryl methyl sites for hydroxylation is 1. The summed E-state index contributed by atoms with van der Waals surface area (Å²) in [7, 11) is 0. The zero-order valence-corrected chi connectivity index (χ0v) is 13.3. The van der Waals surface area contributed by atoms with Gasteiger partial charge < -0.3 is 10.1 Å². The first kappa shape index (κ1) is 16.8. The SMILES string of the molecule is Cc1ccc(/C=C(\C#N)C(=O)OCC(=O)N[C@H](C)C2CC2)cc1. The van der Waals surface area contributed by atoms with Crippen LogP contribution in [0.15, 0.2) is 29.8 Å². The Balaban J connectivity index is 1.88. The van der Waals surface area contributed by atoms with Gasteiger partial charge in [0.2, 0.25) is 0 Å². The lowest BCUT2D eigenvalue weighted by molar-refractivity contribution is -0.144. The third-order valence-corrected chi connectivity index (χ3v) is 3.78. The molecule has 1 aliphatic carbocycles. The molecule has 1 aromatic rings. The van der Waals surface area contributed by atoms with E-state index < -0.39 is 5.97 Å². The molecule has 5 heteroatoms. The van der Waals surface area contributed by atoms with Gasteiger partial charge in [-0.3, -0.25) is 4.79 Å². The fourth-order valence-electron chi connectivity index (χ4n) is 2.18. The second-order valence-electron chi connectivity index (χ2n) is 5.85. The predicted octanol–water partition coefficient (Wildman–Crippen LogP) is 2.36. The summed E-state index contributed by atoms with van der Waals surface area (Å²) in [6.45, 7) is 3.52. The number of hydrogen-bond donors (Lipinski definition) is 1. The topological polar surface area (TPSA) is 79.2 Å². The van der Waals surface area contributed by atoms with Crippen LogP contribution in [0.5, 0.6) is 0 Å². The molecule has 1 N–H and O–H groups in total. The summed E-state index contributed by atoms with van der Waals surface area (Å²) in [5.74, 6) is -0.599. The molecule has 0 spiro atoms. The summed E-state index contributed by atoms with van der Waals surface area (Å²) in [5, 5.41) is 11.9. The minimum Gasteiger partial charge on any atom is -0.451 e. The quantitative estimate of drug-likeness (QED) is 0.497. The zero-order chi connectivity index (χ0) is 16.8. The minimum atomic E-state index is -0.790. The number of nitrogens with one attached hydrogen (secondary N) is 1. The molecule has 0 saturated heterocycles. The molecule has 1 aromatic carbocycles. The van der Waals surface area contributed by atoms with E-state index in [0.29, 0.717) is 5.92 Å². The standard InChI is InChI=1S/C18H20N2O3/c1-12-3-5-14(6-4-12)9-16(10-19)18(22)23-11-17(21)20-13(2)15-7-8-15/h3-6,9,13,15H,7-8,11H2,1-2H3,(H,20,21)/b16-9+/t13-/m1/s1. The first-order valence-electron chi connectivity index (χ1n) is 7.64. The molecule has 5 nitrogen and oxygen atoms in total. The molecule has 1 saturated carbocycles. The number of esters is 1. The van der Waals surface area contributed by atoms with E-state index in [-0.39, 0.29) is 24.1 Å². The van der Waals surface area contributed by atoms with Crippen molar-refractivity contribution in [1.29, 1.82) is 5.26 Å². The molecule has 1 fully saturated rings. The van der Waals surface area contributed by atoms with Crippen LogP contribution < -0.4 is 5.32 Å². The van der Waals surface area contributed by atoms with Gasteiger partial charge >= 0.3 is 5.97 Å². The first-order valence-corrected chi connectivity index (χ1v) is 7.64. The van der Waals surface area contributed by atoms with Crippen LogP contribution in [-0.2, 0) is 14.3 Å². The molecule has 1 aliphatic rings. The van der Waals surface area contributed by atoms with Gasteiger partial charge in [0.15, 0.2) is 6.61 Å². The van der Waals surface area contributed by atoms with E-state index in [1.807, 2.05) is 44.2 Å². The van der Waals surface area contributed by atoms with Crippen LogP contribution in [0.1, 0.15) is 30.9 Å². The predicted molar refractivity (Wildman–Crippen MR) is 86.1 cm³/mol. The highest BCUT2D eigenvalue weighted by atomic mass is 16.5. The molecule has 2 rings (SSSR count). The summed E-state index contributed by atoms with van der Waals surface area (Å²) in [6, 6.07) is 9.30. The second-order valence-corrected chi connectivity index (χ2v) is 5.85. The van der Waals surface area contributed by atoms with Crippen LogP contribution in [0.2, 0.25) is 0 Å². The lowest BCUT2D eigenvalue weighted by Gasteiger charge is -2.12. The third-order valence-electron chi connectivity index (χ3n) is 3.78. The largest absolute Gasteiger partial charge is 0.451 e.